The summed E-state index contributed by atoms with van der Waals surface area (Å²) in [4.78, 5) is 2.24. The standard InChI is InChI=1S/C20H25Br2NO/c1-23(2)14-7-3-4-8-15-24-19-13-6-5-10-16(19)20-17(21)11-9-12-18(20)22/h5-6,9-13H,3-4,7-8,14-15H2,1-2H3. The molecule has 0 aliphatic heterocycles. The second-order valence-electron chi connectivity index (χ2n) is 6.16. The Bertz CT molecular complexity index is 623. The fraction of sp³-hybridized carbons (Fsp3) is 0.400. The Balaban J connectivity index is 1.93. The summed E-state index contributed by atoms with van der Waals surface area (Å²) in [7, 11) is 4.25. The number of ether oxygens (including phenoxy) is 1. The van der Waals surface area contributed by atoms with Crippen molar-refractivity contribution in [3.63, 3.8) is 0 Å². The molecule has 0 aliphatic carbocycles. The minimum absolute atomic E-state index is 0.765. The summed E-state index contributed by atoms with van der Waals surface area (Å²) in [6, 6.07) is 14.4. The monoisotopic (exact) mass is 453 g/mol. The van der Waals surface area contributed by atoms with Gasteiger partial charge in [0, 0.05) is 20.1 Å². The quantitative estimate of drug-likeness (QED) is 0.407. The maximum atomic E-state index is 6.08. The van der Waals surface area contributed by atoms with Crippen molar-refractivity contribution in [2.75, 3.05) is 27.2 Å². The number of hydrogen-bond donors (Lipinski definition) is 0. The molecule has 0 N–H and O–H groups in total. The molecule has 0 aliphatic rings. The molecule has 130 valence electrons. The topological polar surface area (TPSA) is 12.5 Å². The van der Waals surface area contributed by atoms with Crippen molar-refractivity contribution in [3.05, 3.63) is 51.4 Å². The Morgan fingerprint density at radius 3 is 2.21 bits per heavy atom. The van der Waals surface area contributed by atoms with Gasteiger partial charge in [-0.25, -0.2) is 0 Å². The Morgan fingerprint density at radius 2 is 1.50 bits per heavy atom. The Hall–Kier alpha value is -0.840. The highest BCUT2D eigenvalue weighted by molar-refractivity contribution is 9.11. The van der Waals surface area contributed by atoms with Gasteiger partial charge >= 0.3 is 0 Å². The number of rotatable bonds is 9. The minimum atomic E-state index is 0.765. The van der Waals surface area contributed by atoms with E-state index in [1.54, 1.807) is 0 Å². The summed E-state index contributed by atoms with van der Waals surface area (Å²) >= 11 is 7.30. The van der Waals surface area contributed by atoms with Crippen molar-refractivity contribution in [2.45, 2.75) is 25.7 Å². The van der Waals surface area contributed by atoms with Gasteiger partial charge in [0.25, 0.3) is 0 Å². The average molecular weight is 455 g/mol. The summed E-state index contributed by atoms with van der Waals surface area (Å²) < 4.78 is 8.21. The summed E-state index contributed by atoms with van der Waals surface area (Å²) in [5.74, 6) is 0.943. The third-order valence-electron chi connectivity index (χ3n) is 3.88. The number of para-hydroxylation sites is 1. The highest BCUT2D eigenvalue weighted by Crippen LogP contribution is 2.39. The van der Waals surface area contributed by atoms with Crippen LogP contribution < -0.4 is 4.74 Å². The molecule has 0 saturated carbocycles. The first-order chi connectivity index (χ1) is 11.6. The molecule has 0 radical (unpaired) electrons. The smallest absolute Gasteiger partial charge is 0.127 e. The van der Waals surface area contributed by atoms with Crippen LogP contribution >= 0.6 is 31.9 Å². The lowest BCUT2D eigenvalue weighted by atomic mass is 10.0. The first-order valence-electron chi connectivity index (χ1n) is 8.40. The van der Waals surface area contributed by atoms with E-state index in [0.29, 0.717) is 0 Å². The molecule has 2 nitrogen and oxygen atoms in total. The third kappa shape index (κ3) is 5.91. The summed E-state index contributed by atoms with van der Waals surface area (Å²) in [5.41, 5.74) is 2.25. The molecule has 0 spiro atoms. The van der Waals surface area contributed by atoms with Gasteiger partial charge in [-0.05, 0) is 51.7 Å². The minimum Gasteiger partial charge on any atom is -0.493 e. The van der Waals surface area contributed by atoms with Gasteiger partial charge in [0.1, 0.15) is 5.75 Å². The van der Waals surface area contributed by atoms with Gasteiger partial charge in [-0.3, -0.25) is 0 Å². The van der Waals surface area contributed by atoms with E-state index in [4.69, 9.17) is 4.74 Å². The first-order valence-corrected chi connectivity index (χ1v) is 9.99. The van der Waals surface area contributed by atoms with E-state index < -0.39 is 0 Å². The van der Waals surface area contributed by atoms with Crippen LogP contribution in [0, 0.1) is 0 Å². The number of nitrogens with zero attached hydrogens (tertiary/aromatic N) is 1. The molecule has 0 fully saturated rings. The van der Waals surface area contributed by atoms with Crippen molar-refractivity contribution in [3.8, 4) is 16.9 Å². The molecule has 0 aromatic heterocycles. The highest BCUT2D eigenvalue weighted by atomic mass is 79.9. The van der Waals surface area contributed by atoms with Gasteiger partial charge in [-0.15, -0.1) is 0 Å². The molecule has 0 bridgehead atoms. The summed E-state index contributed by atoms with van der Waals surface area (Å²) in [5, 5.41) is 0. The molecule has 2 rings (SSSR count). The number of unbranched alkanes of at least 4 members (excludes halogenated alkanes) is 3. The molecule has 0 saturated heterocycles. The van der Waals surface area contributed by atoms with Gasteiger partial charge in [-0.1, -0.05) is 69.0 Å². The molecule has 0 unspecified atom stereocenters. The zero-order valence-corrected chi connectivity index (χ0v) is 17.6. The molecular formula is C20H25Br2NO. The zero-order valence-electron chi connectivity index (χ0n) is 14.4. The van der Waals surface area contributed by atoms with Crippen LogP contribution in [0.5, 0.6) is 5.75 Å². The van der Waals surface area contributed by atoms with Crippen LogP contribution in [0.2, 0.25) is 0 Å². The van der Waals surface area contributed by atoms with Crippen LogP contribution in [0.4, 0.5) is 0 Å². The van der Waals surface area contributed by atoms with Gasteiger partial charge in [-0.2, -0.15) is 0 Å². The van der Waals surface area contributed by atoms with Crippen LogP contribution in [0.3, 0.4) is 0 Å². The fourth-order valence-electron chi connectivity index (χ4n) is 2.62. The number of hydrogen-bond acceptors (Lipinski definition) is 2. The van der Waals surface area contributed by atoms with Crippen LogP contribution in [0.15, 0.2) is 51.4 Å². The number of benzene rings is 2. The van der Waals surface area contributed by atoms with Crippen LogP contribution in [-0.2, 0) is 0 Å². The lowest BCUT2D eigenvalue weighted by Crippen LogP contribution is -2.12. The Labute approximate surface area is 162 Å². The molecule has 2 aromatic rings. The van der Waals surface area contributed by atoms with Crippen LogP contribution in [0.25, 0.3) is 11.1 Å². The molecule has 4 heteroatoms. The third-order valence-corrected chi connectivity index (χ3v) is 5.20. The maximum absolute atomic E-state index is 6.08. The van der Waals surface area contributed by atoms with Crippen molar-refractivity contribution in [1.29, 1.82) is 0 Å². The van der Waals surface area contributed by atoms with Crippen molar-refractivity contribution in [1.82, 2.24) is 4.90 Å². The first kappa shape index (κ1) is 19.5. The lowest BCUT2D eigenvalue weighted by molar-refractivity contribution is 0.303. The largest absolute Gasteiger partial charge is 0.493 e. The summed E-state index contributed by atoms with van der Waals surface area (Å²) in [6.45, 7) is 1.93. The van der Waals surface area contributed by atoms with E-state index in [2.05, 4.69) is 75.1 Å². The van der Waals surface area contributed by atoms with Gasteiger partial charge in [0.05, 0.1) is 6.61 Å². The SMILES string of the molecule is CN(C)CCCCCCOc1ccccc1-c1c(Br)cccc1Br. The molecule has 0 atom stereocenters. The predicted octanol–water partition coefficient (Wildman–Crippen LogP) is 6.38. The lowest BCUT2D eigenvalue weighted by Gasteiger charge is -2.14. The van der Waals surface area contributed by atoms with E-state index in [-0.39, 0.29) is 0 Å². The maximum Gasteiger partial charge on any atom is 0.127 e. The normalized spacial score (nSPS) is 11.0. The van der Waals surface area contributed by atoms with Gasteiger partial charge in [0.2, 0.25) is 0 Å². The van der Waals surface area contributed by atoms with Gasteiger partial charge < -0.3 is 9.64 Å². The zero-order chi connectivity index (χ0) is 17.4. The fourth-order valence-corrected chi connectivity index (χ4v) is 4.05. The summed E-state index contributed by atoms with van der Waals surface area (Å²) in [6.07, 6.45) is 4.83. The van der Waals surface area contributed by atoms with Crippen LogP contribution in [0.1, 0.15) is 25.7 Å². The molecule has 0 amide bonds. The van der Waals surface area contributed by atoms with Crippen LogP contribution in [-0.4, -0.2) is 32.1 Å². The second-order valence-corrected chi connectivity index (χ2v) is 7.87. The van der Waals surface area contributed by atoms with Gasteiger partial charge in [0.15, 0.2) is 0 Å². The second kappa shape index (κ2) is 10.2. The van der Waals surface area contributed by atoms with Crippen molar-refractivity contribution >= 4 is 31.9 Å². The van der Waals surface area contributed by atoms with E-state index in [9.17, 15) is 0 Å². The molecule has 24 heavy (non-hydrogen) atoms. The highest BCUT2D eigenvalue weighted by Gasteiger charge is 2.12. The molecular weight excluding hydrogens is 430 g/mol. The van der Waals surface area contributed by atoms with E-state index in [1.165, 1.54) is 25.8 Å². The van der Waals surface area contributed by atoms with Crippen molar-refractivity contribution in [2.24, 2.45) is 0 Å². The van der Waals surface area contributed by atoms with E-state index in [1.807, 2.05) is 18.2 Å². The van der Waals surface area contributed by atoms with E-state index >= 15 is 0 Å². The predicted molar refractivity (Wildman–Crippen MR) is 110 cm³/mol. The van der Waals surface area contributed by atoms with E-state index in [0.717, 1.165) is 38.8 Å². The molecule has 0 heterocycles. The average Bonchev–Trinajstić information content (AvgIpc) is 2.55. The Kier molecular flexibility index (Phi) is 8.30. The molecule has 2 aromatic carbocycles. The number of halogens is 2. The Morgan fingerprint density at radius 1 is 0.833 bits per heavy atom. The van der Waals surface area contributed by atoms with Crippen molar-refractivity contribution < 1.29 is 4.74 Å².